The summed E-state index contributed by atoms with van der Waals surface area (Å²) in [5.74, 6) is 0. The third-order valence-electron chi connectivity index (χ3n) is 1.67. The molecule has 0 saturated heterocycles. The lowest BCUT2D eigenvalue weighted by Gasteiger charge is -1.99. The van der Waals surface area contributed by atoms with E-state index in [2.05, 4.69) is 16.3 Å². The molecule has 0 aliphatic rings. The zero-order chi connectivity index (χ0) is 10.6. The molecule has 6 heteroatoms. The second kappa shape index (κ2) is 4.39. The van der Waals surface area contributed by atoms with Crippen molar-refractivity contribution >= 4 is 10.0 Å². The maximum absolute atomic E-state index is 11.5. The van der Waals surface area contributed by atoms with Crippen LogP contribution in [0.3, 0.4) is 0 Å². The first-order valence-electron chi connectivity index (χ1n) is 4.22. The summed E-state index contributed by atoms with van der Waals surface area (Å²) >= 11 is 0. The molecule has 5 nitrogen and oxygen atoms in total. The van der Waals surface area contributed by atoms with Crippen molar-refractivity contribution in [1.29, 1.82) is 0 Å². The van der Waals surface area contributed by atoms with Gasteiger partial charge in [0, 0.05) is 19.3 Å². The van der Waals surface area contributed by atoms with E-state index in [1.54, 1.807) is 4.57 Å². The summed E-state index contributed by atoms with van der Waals surface area (Å²) in [5.41, 5.74) is 0. The molecule has 0 amide bonds. The lowest BCUT2D eigenvalue weighted by molar-refractivity contribution is 0.582. The van der Waals surface area contributed by atoms with Crippen LogP contribution in [-0.4, -0.2) is 24.5 Å². The predicted molar refractivity (Wildman–Crippen MR) is 53.3 cm³/mol. The van der Waals surface area contributed by atoms with Crippen LogP contribution in [0.2, 0.25) is 0 Å². The van der Waals surface area contributed by atoms with Gasteiger partial charge in [-0.15, -0.1) is 6.58 Å². The average Bonchev–Trinajstić information content (AvgIpc) is 2.63. The lowest BCUT2D eigenvalue weighted by Crippen LogP contribution is -2.23. The summed E-state index contributed by atoms with van der Waals surface area (Å²) in [5, 5.41) is 0.0428. The highest BCUT2D eigenvalue weighted by atomic mass is 32.2. The van der Waals surface area contributed by atoms with E-state index >= 15 is 0 Å². The van der Waals surface area contributed by atoms with Gasteiger partial charge in [-0.05, 0) is 6.92 Å². The van der Waals surface area contributed by atoms with Gasteiger partial charge in [0.05, 0.1) is 6.33 Å². The molecule has 0 bridgehead atoms. The van der Waals surface area contributed by atoms with Crippen LogP contribution in [0.25, 0.3) is 0 Å². The molecule has 1 aromatic heterocycles. The highest BCUT2D eigenvalue weighted by molar-refractivity contribution is 7.89. The molecular weight excluding hydrogens is 202 g/mol. The largest absolute Gasteiger partial charge is 0.336 e. The third-order valence-corrected chi connectivity index (χ3v) is 2.98. The van der Waals surface area contributed by atoms with Crippen molar-refractivity contribution in [1.82, 2.24) is 14.3 Å². The van der Waals surface area contributed by atoms with Crippen molar-refractivity contribution in [2.45, 2.75) is 18.5 Å². The Kier molecular flexibility index (Phi) is 3.43. The van der Waals surface area contributed by atoms with E-state index in [1.165, 1.54) is 18.6 Å². The van der Waals surface area contributed by atoms with Gasteiger partial charge >= 0.3 is 0 Å². The first kappa shape index (κ1) is 10.9. The van der Waals surface area contributed by atoms with Crippen LogP contribution in [-0.2, 0) is 16.6 Å². The number of sulfonamides is 1. The van der Waals surface area contributed by atoms with Gasteiger partial charge in [0.15, 0.2) is 5.03 Å². The van der Waals surface area contributed by atoms with Crippen molar-refractivity contribution in [3.05, 3.63) is 25.2 Å². The van der Waals surface area contributed by atoms with E-state index in [4.69, 9.17) is 0 Å². The van der Waals surface area contributed by atoms with E-state index in [0.717, 1.165) is 0 Å². The summed E-state index contributed by atoms with van der Waals surface area (Å²) in [6.07, 6.45) is 4.46. The Hall–Kier alpha value is -1.14. The van der Waals surface area contributed by atoms with E-state index in [1.807, 2.05) is 6.92 Å². The van der Waals surface area contributed by atoms with Crippen molar-refractivity contribution in [3.8, 4) is 0 Å². The van der Waals surface area contributed by atoms with E-state index in [9.17, 15) is 8.42 Å². The van der Waals surface area contributed by atoms with Crippen LogP contribution in [0.15, 0.2) is 30.2 Å². The minimum atomic E-state index is -3.46. The molecule has 14 heavy (non-hydrogen) atoms. The first-order valence-corrected chi connectivity index (χ1v) is 5.71. The predicted octanol–water partition coefficient (Wildman–Crippen LogP) is 0.367. The third kappa shape index (κ3) is 2.43. The number of hydrogen-bond acceptors (Lipinski definition) is 3. The van der Waals surface area contributed by atoms with Gasteiger partial charge in [-0.1, -0.05) is 6.08 Å². The highest BCUT2D eigenvalue weighted by Crippen LogP contribution is 2.04. The second-order valence-electron chi connectivity index (χ2n) is 2.68. The van der Waals surface area contributed by atoms with Gasteiger partial charge < -0.3 is 4.57 Å². The molecule has 0 aliphatic carbocycles. The van der Waals surface area contributed by atoms with Gasteiger partial charge in [-0.3, -0.25) is 0 Å². The Morgan fingerprint density at radius 1 is 1.71 bits per heavy atom. The summed E-state index contributed by atoms with van der Waals surface area (Å²) in [6.45, 7) is 6.25. The number of hydrogen-bond donors (Lipinski definition) is 1. The quantitative estimate of drug-likeness (QED) is 0.722. The topological polar surface area (TPSA) is 64.0 Å². The molecule has 1 rings (SSSR count). The fourth-order valence-electron chi connectivity index (χ4n) is 0.894. The van der Waals surface area contributed by atoms with Crippen molar-refractivity contribution in [3.63, 3.8) is 0 Å². The molecule has 0 atom stereocenters. The molecule has 0 aliphatic heterocycles. The number of aryl methyl sites for hydroxylation is 1. The molecular formula is C8H13N3O2S. The number of rotatable bonds is 5. The van der Waals surface area contributed by atoms with Crippen molar-refractivity contribution in [2.75, 3.05) is 6.54 Å². The fraction of sp³-hybridized carbons (Fsp3) is 0.375. The van der Waals surface area contributed by atoms with Crippen LogP contribution in [0.1, 0.15) is 6.92 Å². The molecule has 0 spiro atoms. The molecule has 1 aromatic rings. The zero-order valence-electron chi connectivity index (χ0n) is 7.97. The summed E-state index contributed by atoms with van der Waals surface area (Å²) in [6, 6.07) is 0. The summed E-state index contributed by atoms with van der Waals surface area (Å²) < 4.78 is 27.0. The second-order valence-corrected chi connectivity index (χ2v) is 4.40. The molecule has 0 fully saturated rings. The Labute approximate surface area is 83.5 Å². The van der Waals surface area contributed by atoms with Gasteiger partial charge in [0.2, 0.25) is 0 Å². The van der Waals surface area contributed by atoms with Crippen molar-refractivity contribution in [2.24, 2.45) is 0 Å². The molecule has 78 valence electrons. The molecule has 1 N–H and O–H groups in total. The molecule has 0 aromatic carbocycles. The first-order chi connectivity index (χ1) is 6.60. The number of imidazole rings is 1. The summed E-state index contributed by atoms with van der Waals surface area (Å²) in [4.78, 5) is 3.79. The smallest absolute Gasteiger partial charge is 0.259 e. The van der Waals surface area contributed by atoms with Crippen LogP contribution < -0.4 is 4.72 Å². The van der Waals surface area contributed by atoms with Crippen LogP contribution in [0, 0.1) is 0 Å². The Bertz CT molecular complexity index is 408. The Morgan fingerprint density at radius 3 is 2.93 bits per heavy atom. The van der Waals surface area contributed by atoms with E-state index in [-0.39, 0.29) is 11.6 Å². The van der Waals surface area contributed by atoms with Crippen LogP contribution in [0.5, 0.6) is 0 Å². The van der Waals surface area contributed by atoms with Crippen LogP contribution in [0.4, 0.5) is 0 Å². The highest BCUT2D eigenvalue weighted by Gasteiger charge is 2.15. The minimum absolute atomic E-state index is 0.0428. The van der Waals surface area contributed by atoms with E-state index in [0.29, 0.717) is 6.54 Å². The summed E-state index contributed by atoms with van der Waals surface area (Å²) in [7, 11) is -3.46. The maximum atomic E-state index is 11.5. The Balaban J connectivity index is 2.86. The van der Waals surface area contributed by atoms with Crippen LogP contribution >= 0.6 is 0 Å². The molecule has 0 unspecified atom stereocenters. The normalized spacial score (nSPS) is 11.5. The van der Waals surface area contributed by atoms with Gasteiger partial charge in [0.25, 0.3) is 10.0 Å². The van der Waals surface area contributed by atoms with Gasteiger partial charge in [-0.25, -0.2) is 18.1 Å². The van der Waals surface area contributed by atoms with Gasteiger partial charge in [-0.2, -0.15) is 0 Å². The monoisotopic (exact) mass is 215 g/mol. The lowest BCUT2D eigenvalue weighted by atomic mass is 10.7. The number of aromatic nitrogens is 2. The molecule has 0 saturated carbocycles. The fourth-order valence-corrected chi connectivity index (χ4v) is 1.84. The van der Waals surface area contributed by atoms with E-state index < -0.39 is 10.0 Å². The standard InChI is InChI=1S/C8H13N3O2S/c1-3-5-10-14(12,13)8-6-11(4-2)7-9-8/h3,6-7,10H,1,4-5H2,2H3. The minimum Gasteiger partial charge on any atom is -0.336 e. The van der Waals surface area contributed by atoms with Gasteiger partial charge in [0.1, 0.15) is 0 Å². The molecule has 1 heterocycles. The average molecular weight is 215 g/mol. The SMILES string of the molecule is C=CCNS(=O)(=O)c1cn(CC)cn1. The number of nitrogens with zero attached hydrogens (tertiary/aromatic N) is 2. The van der Waals surface area contributed by atoms with Crippen molar-refractivity contribution < 1.29 is 8.42 Å². The Morgan fingerprint density at radius 2 is 2.43 bits per heavy atom. The number of nitrogens with one attached hydrogen (secondary N) is 1. The molecule has 0 radical (unpaired) electrons. The maximum Gasteiger partial charge on any atom is 0.259 e. The zero-order valence-corrected chi connectivity index (χ0v) is 8.79.